The normalized spacial score (nSPS) is 13.9. The summed E-state index contributed by atoms with van der Waals surface area (Å²) in [6, 6.07) is 8.77. The summed E-state index contributed by atoms with van der Waals surface area (Å²) in [5.41, 5.74) is 8.84. The van der Waals surface area contributed by atoms with Gasteiger partial charge >= 0.3 is 0 Å². The molecular formula is C14H23N. The van der Waals surface area contributed by atoms with Crippen LogP contribution in [0.1, 0.15) is 31.9 Å². The summed E-state index contributed by atoms with van der Waals surface area (Å²) in [5, 5.41) is 0. The average Bonchev–Trinajstić information content (AvgIpc) is 2.15. The van der Waals surface area contributed by atoms with Crippen LogP contribution < -0.4 is 5.73 Å². The highest BCUT2D eigenvalue weighted by Gasteiger charge is 2.23. The highest BCUT2D eigenvalue weighted by Crippen LogP contribution is 2.28. The zero-order valence-corrected chi connectivity index (χ0v) is 10.4. The van der Waals surface area contributed by atoms with E-state index in [1.54, 1.807) is 0 Å². The molecule has 0 radical (unpaired) electrons. The Morgan fingerprint density at radius 1 is 1.13 bits per heavy atom. The van der Waals surface area contributed by atoms with Gasteiger partial charge < -0.3 is 5.73 Å². The van der Waals surface area contributed by atoms with Crippen molar-refractivity contribution in [1.29, 1.82) is 0 Å². The van der Waals surface area contributed by atoms with Crippen molar-refractivity contribution in [2.75, 3.05) is 6.54 Å². The minimum Gasteiger partial charge on any atom is -0.330 e. The fraction of sp³-hybridized carbons (Fsp3) is 0.571. The molecule has 1 heteroatoms. The number of rotatable bonds is 3. The van der Waals surface area contributed by atoms with E-state index in [0.29, 0.717) is 11.3 Å². The molecule has 0 saturated carbocycles. The Balaban J connectivity index is 2.71. The largest absolute Gasteiger partial charge is 0.330 e. The van der Waals surface area contributed by atoms with E-state index in [0.717, 1.165) is 13.0 Å². The Morgan fingerprint density at radius 3 is 2.07 bits per heavy atom. The van der Waals surface area contributed by atoms with Crippen molar-refractivity contribution >= 4 is 0 Å². The second kappa shape index (κ2) is 4.80. The van der Waals surface area contributed by atoms with Crippen LogP contribution in [0.4, 0.5) is 0 Å². The Morgan fingerprint density at radius 2 is 1.67 bits per heavy atom. The molecule has 0 saturated heterocycles. The van der Waals surface area contributed by atoms with Crippen LogP contribution in [-0.2, 0) is 6.42 Å². The van der Waals surface area contributed by atoms with E-state index in [-0.39, 0.29) is 0 Å². The van der Waals surface area contributed by atoms with Gasteiger partial charge in [0.1, 0.15) is 0 Å². The SMILES string of the molecule is Cc1ccc(CC(CN)C(C)(C)C)cc1. The summed E-state index contributed by atoms with van der Waals surface area (Å²) in [4.78, 5) is 0. The third kappa shape index (κ3) is 3.67. The summed E-state index contributed by atoms with van der Waals surface area (Å²) >= 11 is 0. The van der Waals surface area contributed by atoms with Gasteiger partial charge in [-0.15, -0.1) is 0 Å². The van der Waals surface area contributed by atoms with Crippen molar-refractivity contribution in [3.63, 3.8) is 0 Å². The van der Waals surface area contributed by atoms with Crippen LogP contribution in [-0.4, -0.2) is 6.54 Å². The number of aryl methyl sites for hydroxylation is 1. The molecule has 0 fully saturated rings. The van der Waals surface area contributed by atoms with Crippen molar-refractivity contribution in [3.05, 3.63) is 35.4 Å². The van der Waals surface area contributed by atoms with E-state index >= 15 is 0 Å². The van der Waals surface area contributed by atoms with Gasteiger partial charge in [0, 0.05) is 0 Å². The van der Waals surface area contributed by atoms with E-state index in [4.69, 9.17) is 5.73 Å². The van der Waals surface area contributed by atoms with Gasteiger partial charge in [0.2, 0.25) is 0 Å². The first kappa shape index (κ1) is 12.3. The lowest BCUT2D eigenvalue weighted by molar-refractivity contribution is 0.246. The third-order valence-electron chi connectivity index (χ3n) is 3.11. The van der Waals surface area contributed by atoms with Gasteiger partial charge in [0.25, 0.3) is 0 Å². The van der Waals surface area contributed by atoms with Gasteiger partial charge in [0.15, 0.2) is 0 Å². The molecule has 1 rings (SSSR count). The summed E-state index contributed by atoms with van der Waals surface area (Å²) < 4.78 is 0. The van der Waals surface area contributed by atoms with Crippen LogP contribution in [0.25, 0.3) is 0 Å². The molecule has 0 amide bonds. The van der Waals surface area contributed by atoms with Crippen LogP contribution in [0, 0.1) is 18.3 Å². The standard InChI is InChI=1S/C14H23N/c1-11-5-7-12(8-6-11)9-13(10-15)14(2,3)4/h5-8,13H,9-10,15H2,1-4H3. The van der Waals surface area contributed by atoms with E-state index < -0.39 is 0 Å². The van der Waals surface area contributed by atoms with Gasteiger partial charge in [-0.3, -0.25) is 0 Å². The molecule has 0 heterocycles. The zero-order valence-electron chi connectivity index (χ0n) is 10.4. The van der Waals surface area contributed by atoms with Crippen LogP contribution in [0.3, 0.4) is 0 Å². The summed E-state index contributed by atoms with van der Waals surface area (Å²) in [5.74, 6) is 0.556. The molecule has 0 aromatic heterocycles. The average molecular weight is 205 g/mol. The Bertz CT molecular complexity index is 292. The highest BCUT2D eigenvalue weighted by atomic mass is 14.6. The van der Waals surface area contributed by atoms with Gasteiger partial charge in [-0.1, -0.05) is 50.6 Å². The topological polar surface area (TPSA) is 26.0 Å². The van der Waals surface area contributed by atoms with Crippen LogP contribution in [0.2, 0.25) is 0 Å². The Kier molecular flexibility index (Phi) is 3.92. The van der Waals surface area contributed by atoms with Crippen LogP contribution in [0.5, 0.6) is 0 Å². The van der Waals surface area contributed by atoms with E-state index in [2.05, 4.69) is 52.0 Å². The first-order chi connectivity index (χ1) is 6.93. The van der Waals surface area contributed by atoms with E-state index in [1.807, 2.05) is 0 Å². The van der Waals surface area contributed by atoms with Gasteiger partial charge in [0.05, 0.1) is 0 Å². The second-order valence-electron chi connectivity index (χ2n) is 5.49. The predicted octanol–water partition coefficient (Wildman–Crippen LogP) is 3.16. The summed E-state index contributed by atoms with van der Waals surface area (Å²) in [6.07, 6.45) is 1.08. The van der Waals surface area contributed by atoms with E-state index in [9.17, 15) is 0 Å². The molecule has 0 aliphatic rings. The third-order valence-corrected chi connectivity index (χ3v) is 3.11. The Hall–Kier alpha value is -0.820. The van der Waals surface area contributed by atoms with Gasteiger partial charge in [-0.05, 0) is 36.8 Å². The molecule has 1 nitrogen and oxygen atoms in total. The zero-order chi connectivity index (χ0) is 11.5. The van der Waals surface area contributed by atoms with Crippen molar-refractivity contribution < 1.29 is 0 Å². The maximum Gasteiger partial charge on any atom is -0.00407 e. The smallest absolute Gasteiger partial charge is 0.00407 e. The molecule has 1 aromatic carbocycles. The monoisotopic (exact) mass is 205 g/mol. The minimum atomic E-state index is 0.291. The lowest BCUT2D eigenvalue weighted by Gasteiger charge is -2.29. The molecule has 1 aromatic rings. The molecule has 1 unspecified atom stereocenters. The minimum absolute atomic E-state index is 0.291. The summed E-state index contributed by atoms with van der Waals surface area (Å²) in [7, 11) is 0. The summed E-state index contributed by atoms with van der Waals surface area (Å²) in [6.45, 7) is 9.67. The lowest BCUT2D eigenvalue weighted by Crippen LogP contribution is -2.29. The molecule has 0 aliphatic heterocycles. The molecule has 0 bridgehead atoms. The molecule has 84 valence electrons. The predicted molar refractivity (Wildman–Crippen MR) is 66.9 cm³/mol. The van der Waals surface area contributed by atoms with Crippen LogP contribution >= 0.6 is 0 Å². The Labute approximate surface area is 93.7 Å². The number of nitrogens with two attached hydrogens (primary N) is 1. The fourth-order valence-electron chi connectivity index (χ4n) is 1.75. The van der Waals surface area contributed by atoms with Crippen molar-refractivity contribution in [1.82, 2.24) is 0 Å². The molecule has 15 heavy (non-hydrogen) atoms. The first-order valence-corrected chi connectivity index (χ1v) is 5.69. The number of hydrogen-bond acceptors (Lipinski definition) is 1. The van der Waals surface area contributed by atoms with Crippen LogP contribution in [0.15, 0.2) is 24.3 Å². The molecule has 2 N–H and O–H groups in total. The first-order valence-electron chi connectivity index (χ1n) is 5.69. The fourth-order valence-corrected chi connectivity index (χ4v) is 1.75. The number of benzene rings is 1. The maximum atomic E-state index is 5.84. The molecular weight excluding hydrogens is 182 g/mol. The van der Waals surface area contributed by atoms with Crippen molar-refractivity contribution in [3.8, 4) is 0 Å². The van der Waals surface area contributed by atoms with Gasteiger partial charge in [-0.25, -0.2) is 0 Å². The lowest BCUT2D eigenvalue weighted by atomic mass is 9.77. The molecule has 0 spiro atoms. The molecule has 0 aliphatic carbocycles. The maximum absolute atomic E-state index is 5.84. The van der Waals surface area contributed by atoms with Crippen molar-refractivity contribution in [2.24, 2.45) is 17.1 Å². The molecule has 1 atom stereocenters. The number of hydrogen-bond donors (Lipinski definition) is 1. The van der Waals surface area contributed by atoms with Gasteiger partial charge in [-0.2, -0.15) is 0 Å². The second-order valence-corrected chi connectivity index (χ2v) is 5.49. The van der Waals surface area contributed by atoms with E-state index in [1.165, 1.54) is 11.1 Å². The highest BCUT2D eigenvalue weighted by molar-refractivity contribution is 5.21. The van der Waals surface area contributed by atoms with Crippen molar-refractivity contribution in [2.45, 2.75) is 34.1 Å². The quantitative estimate of drug-likeness (QED) is 0.806.